The van der Waals surface area contributed by atoms with Gasteiger partial charge in [-0.3, -0.25) is 9.59 Å². The largest absolute Gasteiger partial charge is 0.390 e. The number of aliphatic hydroxyl groups is 1. The number of hydrogen-bond donors (Lipinski definition) is 3. The lowest BCUT2D eigenvalue weighted by molar-refractivity contribution is -0.163. The summed E-state index contributed by atoms with van der Waals surface area (Å²) >= 11 is 0. The van der Waals surface area contributed by atoms with Crippen molar-refractivity contribution in [2.45, 2.75) is 64.1 Å². The summed E-state index contributed by atoms with van der Waals surface area (Å²) in [7, 11) is 0. The highest BCUT2D eigenvalue weighted by Gasteiger charge is 2.53. The van der Waals surface area contributed by atoms with Crippen LogP contribution in [-0.2, 0) is 9.59 Å². The molecule has 2 atom stereocenters. The third kappa shape index (κ3) is 2.99. The smallest absolute Gasteiger partial charge is 0.248 e. The number of carbonyl (C=O) groups is 2. The van der Waals surface area contributed by atoms with Gasteiger partial charge < -0.3 is 20.6 Å². The van der Waals surface area contributed by atoms with E-state index in [1.54, 1.807) is 4.90 Å². The first-order chi connectivity index (χ1) is 10.4. The van der Waals surface area contributed by atoms with Gasteiger partial charge in [-0.15, -0.1) is 0 Å². The summed E-state index contributed by atoms with van der Waals surface area (Å²) in [6.45, 7) is 7.85. The van der Waals surface area contributed by atoms with Crippen LogP contribution in [0.15, 0.2) is 0 Å². The molecule has 0 aromatic carbocycles. The van der Waals surface area contributed by atoms with Crippen LogP contribution in [0.4, 0.5) is 0 Å². The van der Waals surface area contributed by atoms with Gasteiger partial charge in [0, 0.05) is 6.54 Å². The molecule has 2 heterocycles. The monoisotopic (exact) mass is 311 g/mol. The summed E-state index contributed by atoms with van der Waals surface area (Å²) in [6, 6.07) is -0.815. The number of piperazine rings is 1. The molecule has 6 nitrogen and oxygen atoms in total. The van der Waals surface area contributed by atoms with Crippen molar-refractivity contribution < 1.29 is 14.7 Å². The predicted molar refractivity (Wildman–Crippen MR) is 84.2 cm³/mol. The molecule has 0 unspecified atom stereocenters. The highest BCUT2D eigenvalue weighted by atomic mass is 16.3. The van der Waals surface area contributed by atoms with E-state index >= 15 is 0 Å². The van der Waals surface area contributed by atoms with E-state index in [1.165, 1.54) is 0 Å². The van der Waals surface area contributed by atoms with Gasteiger partial charge in [-0.1, -0.05) is 27.2 Å². The Kier molecular flexibility index (Phi) is 5.45. The number of nitrogens with zero attached hydrogens (tertiary/aromatic N) is 1. The molecule has 22 heavy (non-hydrogen) atoms. The van der Waals surface area contributed by atoms with Crippen LogP contribution in [-0.4, -0.2) is 59.1 Å². The summed E-state index contributed by atoms with van der Waals surface area (Å²) in [5.74, 6) is -0.310. The third-order valence-electron chi connectivity index (χ3n) is 4.95. The van der Waals surface area contributed by atoms with E-state index in [0.717, 1.165) is 25.9 Å². The molecule has 0 saturated carbocycles. The maximum absolute atomic E-state index is 12.9. The van der Waals surface area contributed by atoms with E-state index < -0.39 is 17.7 Å². The second-order valence-electron chi connectivity index (χ2n) is 6.81. The summed E-state index contributed by atoms with van der Waals surface area (Å²) in [4.78, 5) is 27.5. The number of rotatable bonds is 5. The Bertz CT molecular complexity index is 419. The molecule has 2 rings (SSSR count). The zero-order chi connectivity index (χ0) is 16.3. The van der Waals surface area contributed by atoms with Crippen LogP contribution >= 0.6 is 0 Å². The molecule has 0 radical (unpaired) electrons. The first-order valence-electron chi connectivity index (χ1n) is 8.45. The minimum absolute atomic E-state index is 0.0793. The molecule has 0 aliphatic carbocycles. The van der Waals surface area contributed by atoms with Gasteiger partial charge in [-0.2, -0.15) is 0 Å². The maximum Gasteiger partial charge on any atom is 0.248 e. The number of aliphatic hydroxyl groups excluding tert-OH is 1. The van der Waals surface area contributed by atoms with Crippen molar-refractivity contribution in [3.63, 3.8) is 0 Å². The maximum atomic E-state index is 12.9. The van der Waals surface area contributed by atoms with Gasteiger partial charge in [0.1, 0.15) is 11.6 Å². The average molecular weight is 311 g/mol. The van der Waals surface area contributed by atoms with Crippen molar-refractivity contribution in [1.82, 2.24) is 15.5 Å². The molecule has 0 aromatic rings. The Morgan fingerprint density at radius 1 is 1.32 bits per heavy atom. The molecular weight excluding hydrogens is 282 g/mol. The first-order valence-corrected chi connectivity index (χ1v) is 8.45. The van der Waals surface area contributed by atoms with E-state index in [1.807, 2.05) is 13.8 Å². The zero-order valence-corrected chi connectivity index (χ0v) is 13.9. The van der Waals surface area contributed by atoms with Gasteiger partial charge in [0.05, 0.1) is 6.10 Å². The highest BCUT2D eigenvalue weighted by molar-refractivity contribution is 6.00. The van der Waals surface area contributed by atoms with Crippen LogP contribution < -0.4 is 10.6 Å². The van der Waals surface area contributed by atoms with E-state index in [2.05, 4.69) is 17.6 Å². The number of amides is 2. The number of hydrogen-bond acceptors (Lipinski definition) is 4. The van der Waals surface area contributed by atoms with Crippen LogP contribution in [0.25, 0.3) is 0 Å². The molecule has 6 heteroatoms. The molecule has 2 fully saturated rings. The molecule has 0 bridgehead atoms. The van der Waals surface area contributed by atoms with Crippen molar-refractivity contribution >= 4 is 11.8 Å². The van der Waals surface area contributed by atoms with Crippen molar-refractivity contribution in [2.75, 3.05) is 19.6 Å². The van der Waals surface area contributed by atoms with Crippen LogP contribution in [0.1, 0.15) is 46.5 Å². The van der Waals surface area contributed by atoms with E-state index in [-0.39, 0.29) is 17.7 Å². The third-order valence-corrected chi connectivity index (χ3v) is 4.95. The SMILES string of the molecule is CCCCN1C(=O)[C@@H]([C@H](O)C(C)C)NC(=O)C12CCNCC2. The topological polar surface area (TPSA) is 81.7 Å². The molecular formula is C16H29N3O3. The van der Waals surface area contributed by atoms with Gasteiger partial charge in [0.15, 0.2) is 0 Å². The second kappa shape index (κ2) is 6.96. The summed E-state index contributed by atoms with van der Waals surface area (Å²) in [5, 5.41) is 16.4. The van der Waals surface area contributed by atoms with Crippen LogP contribution in [0.2, 0.25) is 0 Å². The van der Waals surface area contributed by atoms with Gasteiger partial charge >= 0.3 is 0 Å². The van der Waals surface area contributed by atoms with Crippen molar-refractivity contribution in [3.05, 3.63) is 0 Å². The summed E-state index contributed by atoms with van der Waals surface area (Å²) < 4.78 is 0. The van der Waals surface area contributed by atoms with Crippen molar-refractivity contribution in [3.8, 4) is 0 Å². The lowest BCUT2D eigenvalue weighted by Crippen LogP contribution is -2.74. The number of carbonyl (C=O) groups excluding carboxylic acids is 2. The second-order valence-corrected chi connectivity index (χ2v) is 6.81. The minimum atomic E-state index is -0.848. The molecule has 3 N–H and O–H groups in total. The lowest BCUT2D eigenvalue weighted by Gasteiger charge is -2.51. The van der Waals surface area contributed by atoms with Gasteiger partial charge in [-0.05, 0) is 38.3 Å². The van der Waals surface area contributed by atoms with Crippen LogP contribution in [0.5, 0.6) is 0 Å². The molecule has 1 spiro atoms. The van der Waals surface area contributed by atoms with Gasteiger partial charge in [-0.25, -0.2) is 0 Å². The molecule has 2 amide bonds. The minimum Gasteiger partial charge on any atom is -0.390 e. The Labute approximate surface area is 132 Å². The predicted octanol–water partition coefficient (Wildman–Crippen LogP) is 0.253. The molecule has 0 aromatic heterocycles. The number of piperidine rings is 1. The quantitative estimate of drug-likeness (QED) is 0.680. The Hall–Kier alpha value is -1.14. The Morgan fingerprint density at radius 2 is 1.95 bits per heavy atom. The van der Waals surface area contributed by atoms with Gasteiger partial charge in [0.2, 0.25) is 11.8 Å². The molecule has 2 aliphatic rings. The van der Waals surface area contributed by atoms with Crippen LogP contribution in [0, 0.1) is 5.92 Å². The molecule has 126 valence electrons. The van der Waals surface area contributed by atoms with E-state index in [0.29, 0.717) is 19.4 Å². The standard InChI is InChI=1S/C16H29N3O3/c1-4-5-10-19-14(21)12(13(20)11(2)3)18-15(22)16(19)6-8-17-9-7-16/h11-13,17,20H,4-10H2,1-3H3,(H,18,22)/t12-,13-/m1/s1. The molecule has 2 aliphatic heterocycles. The average Bonchev–Trinajstić information content (AvgIpc) is 2.51. The summed E-state index contributed by atoms with van der Waals surface area (Å²) in [6.07, 6.45) is 2.27. The fourth-order valence-electron chi connectivity index (χ4n) is 3.43. The van der Waals surface area contributed by atoms with Crippen molar-refractivity contribution in [1.29, 1.82) is 0 Å². The van der Waals surface area contributed by atoms with E-state index in [9.17, 15) is 14.7 Å². The highest BCUT2D eigenvalue weighted by Crippen LogP contribution is 2.32. The number of unbranched alkanes of at least 4 members (excludes halogenated alkanes) is 1. The number of nitrogens with one attached hydrogen (secondary N) is 2. The van der Waals surface area contributed by atoms with E-state index in [4.69, 9.17) is 0 Å². The first kappa shape index (κ1) is 17.2. The Balaban J connectivity index is 2.29. The van der Waals surface area contributed by atoms with Gasteiger partial charge in [0.25, 0.3) is 0 Å². The fourth-order valence-corrected chi connectivity index (χ4v) is 3.43. The summed E-state index contributed by atoms with van der Waals surface area (Å²) in [5.41, 5.74) is -0.731. The molecule has 2 saturated heterocycles. The Morgan fingerprint density at radius 3 is 2.50 bits per heavy atom. The lowest BCUT2D eigenvalue weighted by atomic mass is 9.81. The fraction of sp³-hybridized carbons (Fsp3) is 0.875. The van der Waals surface area contributed by atoms with Crippen LogP contribution in [0.3, 0.4) is 0 Å². The van der Waals surface area contributed by atoms with Crippen molar-refractivity contribution in [2.24, 2.45) is 5.92 Å². The normalized spacial score (nSPS) is 26.4. The zero-order valence-electron chi connectivity index (χ0n) is 13.9.